The number of alkyl halides is 3. The van der Waals surface area contributed by atoms with Crippen molar-refractivity contribution in [2.24, 2.45) is 5.10 Å². The number of benzene rings is 4. The average Bonchev–Trinajstić information content (AvgIpc) is 2.92. The van der Waals surface area contributed by atoms with Gasteiger partial charge < -0.3 is 10.1 Å². The quantitative estimate of drug-likeness (QED) is 0.200. The van der Waals surface area contributed by atoms with Crippen LogP contribution in [0.25, 0.3) is 0 Å². The van der Waals surface area contributed by atoms with E-state index in [1.54, 1.807) is 30.3 Å². The number of hydrogen-bond acceptors (Lipinski definition) is 4. The molecule has 0 heterocycles. The molecule has 0 fully saturated rings. The summed E-state index contributed by atoms with van der Waals surface area (Å²) in [6.45, 7) is -0.136. The van der Waals surface area contributed by atoms with Gasteiger partial charge in [0.15, 0.2) is 6.04 Å². The van der Waals surface area contributed by atoms with E-state index in [9.17, 15) is 18.0 Å². The Morgan fingerprint density at radius 1 is 0.757 bits per heavy atom. The molecule has 4 aromatic rings. The van der Waals surface area contributed by atoms with E-state index in [1.165, 1.54) is 24.3 Å². The van der Waals surface area contributed by atoms with Gasteiger partial charge in [-0.25, -0.2) is 4.79 Å². The van der Waals surface area contributed by atoms with Crippen molar-refractivity contribution in [3.05, 3.63) is 138 Å². The fraction of sp³-hybridized carbons (Fsp3) is 0.103. The van der Waals surface area contributed by atoms with Gasteiger partial charge in [0.1, 0.15) is 6.61 Å². The highest BCUT2D eigenvalue weighted by molar-refractivity contribution is 6.13. The van der Waals surface area contributed by atoms with Gasteiger partial charge in [-0.2, -0.15) is 18.3 Å². The van der Waals surface area contributed by atoms with Gasteiger partial charge in [0.05, 0.1) is 11.4 Å². The maximum atomic E-state index is 13.8. The van der Waals surface area contributed by atoms with Crippen molar-refractivity contribution in [2.45, 2.75) is 18.8 Å². The Kier molecular flexibility index (Phi) is 8.20. The number of hydrogen-bond donors (Lipinski definition) is 2. The van der Waals surface area contributed by atoms with Crippen molar-refractivity contribution in [3.63, 3.8) is 0 Å². The van der Waals surface area contributed by atoms with E-state index in [4.69, 9.17) is 4.74 Å². The summed E-state index contributed by atoms with van der Waals surface area (Å²) in [4.78, 5) is 12.1. The number of carbonyl (C=O) groups excluding carboxylic acids is 1. The smallest absolute Gasteiger partial charge is 0.412 e. The van der Waals surface area contributed by atoms with Gasteiger partial charge in [-0.15, -0.1) is 0 Å². The Balaban J connectivity index is 1.47. The van der Waals surface area contributed by atoms with Gasteiger partial charge >= 0.3 is 12.3 Å². The lowest BCUT2D eigenvalue weighted by molar-refractivity contribution is -0.156. The minimum absolute atomic E-state index is 0.134. The van der Waals surface area contributed by atoms with Gasteiger partial charge in [-0.05, 0) is 23.3 Å². The molecular weight excluding hydrogens is 479 g/mol. The standard InChI is InChI=1S/C29H24F3N3O2/c30-29(31,32)27(33-28(36)37-20-21-10-4-1-5-11-21)24-16-18-25(19-17-24)34-35-26(22-12-6-2-7-13-22)23-14-8-3-9-15-23/h1-19,27,34H,20H2,(H,33,36). The van der Waals surface area contributed by atoms with E-state index in [1.807, 2.05) is 66.0 Å². The summed E-state index contributed by atoms with van der Waals surface area (Å²) >= 11 is 0. The van der Waals surface area contributed by atoms with Gasteiger partial charge in [-0.3, -0.25) is 5.43 Å². The molecule has 0 spiro atoms. The summed E-state index contributed by atoms with van der Waals surface area (Å²) in [5, 5.41) is 6.44. The number of alkyl carbamates (subject to hydrolysis) is 1. The lowest BCUT2D eigenvalue weighted by Gasteiger charge is -2.22. The van der Waals surface area contributed by atoms with Crippen molar-refractivity contribution < 1.29 is 22.7 Å². The fourth-order valence-corrected chi connectivity index (χ4v) is 3.60. The monoisotopic (exact) mass is 503 g/mol. The number of rotatable bonds is 8. The zero-order valence-corrected chi connectivity index (χ0v) is 19.7. The van der Waals surface area contributed by atoms with Crippen molar-refractivity contribution >= 4 is 17.5 Å². The number of halogens is 3. The van der Waals surface area contributed by atoms with Crippen LogP contribution in [-0.4, -0.2) is 18.0 Å². The Morgan fingerprint density at radius 3 is 1.78 bits per heavy atom. The second kappa shape index (κ2) is 11.9. The molecule has 0 radical (unpaired) electrons. The Morgan fingerprint density at radius 2 is 1.27 bits per heavy atom. The molecule has 8 heteroatoms. The lowest BCUT2D eigenvalue weighted by Crippen LogP contribution is -2.38. The minimum atomic E-state index is -4.72. The number of hydrazone groups is 1. The van der Waals surface area contributed by atoms with E-state index in [0.29, 0.717) is 17.0 Å². The molecule has 0 aliphatic rings. The number of ether oxygens (including phenoxy) is 1. The molecule has 2 N–H and O–H groups in total. The number of anilines is 1. The SMILES string of the molecule is O=C(NC(c1ccc(NN=C(c2ccccc2)c2ccccc2)cc1)C(F)(F)F)OCc1ccccc1. The molecule has 4 aromatic carbocycles. The number of nitrogens with one attached hydrogen (secondary N) is 2. The first kappa shape index (κ1) is 25.5. The second-order valence-electron chi connectivity index (χ2n) is 8.11. The Labute approximate surface area is 212 Å². The minimum Gasteiger partial charge on any atom is -0.445 e. The fourth-order valence-electron chi connectivity index (χ4n) is 3.60. The van der Waals surface area contributed by atoms with Crippen LogP contribution in [0.15, 0.2) is 120 Å². The predicted molar refractivity (Wildman–Crippen MR) is 137 cm³/mol. The highest BCUT2D eigenvalue weighted by Crippen LogP contribution is 2.33. The van der Waals surface area contributed by atoms with Crippen molar-refractivity contribution in [2.75, 3.05) is 5.43 Å². The maximum absolute atomic E-state index is 13.8. The molecule has 4 rings (SSSR count). The van der Waals surface area contributed by atoms with Crippen LogP contribution in [0.1, 0.15) is 28.3 Å². The molecule has 0 bridgehead atoms. The molecule has 1 amide bonds. The summed E-state index contributed by atoms with van der Waals surface area (Å²) in [6, 6.07) is 31.1. The zero-order chi connectivity index (χ0) is 26.1. The van der Waals surface area contributed by atoms with Crippen LogP contribution in [0.4, 0.5) is 23.7 Å². The van der Waals surface area contributed by atoms with E-state index in [2.05, 4.69) is 10.5 Å². The van der Waals surface area contributed by atoms with Gasteiger partial charge in [-0.1, -0.05) is 103 Å². The summed E-state index contributed by atoms with van der Waals surface area (Å²) in [5.74, 6) is 0. The topological polar surface area (TPSA) is 62.7 Å². The zero-order valence-electron chi connectivity index (χ0n) is 19.7. The Hall–Kier alpha value is -4.59. The van der Waals surface area contributed by atoms with Crippen LogP contribution in [0.5, 0.6) is 0 Å². The van der Waals surface area contributed by atoms with Crippen LogP contribution in [0.2, 0.25) is 0 Å². The van der Waals surface area contributed by atoms with Crippen molar-refractivity contribution in [3.8, 4) is 0 Å². The van der Waals surface area contributed by atoms with Crippen molar-refractivity contribution in [1.82, 2.24) is 5.32 Å². The third-order valence-electron chi connectivity index (χ3n) is 5.44. The number of amides is 1. The first-order valence-corrected chi connectivity index (χ1v) is 11.5. The first-order valence-electron chi connectivity index (χ1n) is 11.5. The van der Waals surface area contributed by atoms with E-state index in [-0.39, 0.29) is 12.2 Å². The third kappa shape index (κ3) is 7.20. The molecule has 0 aliphatic heterocycles. The van der Waals surface area contributed by atoms with Gasteiger partial charge in [0, 0.05) is 11.1 Å². The molecule has 0 aromatic heterocycles. The van der Waals surface area contributed by atoms with Crippen LogP contribution >= 0.6 is 0 Å². The van der Waals surface area contributed by atoms with Gasteiger partial charge in [0.25, 0.3) is 0 Å². The molecule has 0 saturated heterocycles. The summed E-state index contributed by atoms with van der Waals surface area (Å²) in [5.41, 5.74) is 6.39. The van der Waals surface area contributed by atoms with Crippen LogP contribution < -0.4 is 10.7 Å². The van der Waals surface area contributed by atoms with E-state index >= 15 is 0 Å². The average molecular weight is 504 g/mol. The summed E-state index contributed by atoms with van der Waals surface area (Å²) < 4.78 is 46.2. The number of nitrogens with zero attached hydrogens (tertiary/aromatic N) is 1. The molecule has 37 heavy (non-hydrogen) atoms. The largest absolute Gasteiger partial charge is 0.445 e. The lowest BCUT2D eigenvalue weighted by atomic mass is 10.0. The Bertz CT molecular complexity index is 1270. The molecule has 5 nitrogen and oxygen atoms in total. The van der Waals surface area contributed by atoms with Gasteiger partial charge in [0.2, 0.25) is 0 Å². The molecule has 188 valence electrons. The van der Waals surface area contributed by atoms with Crippen LogP contribution in [-0.2, 0) is 11.3 Å². The highest BCUT2D eigenvalue weighted by Gasteiger charge is 2.42. The number of carbonyl (C=O) groups is 1. The molecule has 1 atom stereocenters. The van der Waals surface area contributed by atoms with Crippen LogP contribution in [0, 0.1) is 0 Å². The molecular formula is C29H24F3N3O2. The summed E-state index contributed by atoms with van der Waals surface area (Å²) in [7, 11) is 0. The maximum Gasteiger partial charge on any atom is 0.412 e. The molecule has 0 aliphatic carbocycles. The van der Waals surface area contributed by atoms with Crippen molar-refractivity contribution in [1.29, 1.82) is 0 Å². The highest BCUT2D eigenvalue weighted by atomic mass is 19.4. The van der Waals surface area contributed by atoms with E-state index in [0.717, 1.165) is 11.1 Å². The third-order valence-corrected chi connectivity index (χ3v) is 5.44. The van der Waals surface area contributed by atoms with E-state index < -0.39 is 18.3 Å². The summed E-state index contributed by atoms with van der Waals surface area (Å²) in [6.07, 6.45) is -5.87. The first-order chi connectivity index (χ1) is 17.9. The molecule has 1 unspecified atom stereocenters. The molecule has 0 saturated carbocycles. The normalized spacial score (nSPS) is 11.8. The predicted octanol–water partition coefficient (Wildman–Crippen LogP) is 7.08. The second-order valence-corrected chi connectivity index (χ2v) is 8.11. The van der Waals surface area contributed by atoms with Crippen LogP contribution in [0.3, 0.4) is 0 Å².